The van der Waals surface area contributed by atoms with Crippen molar-refractivity contribution in [3.63, 3.8) is 0 Å². The molecule has 1 aliphatic rings. The number of nitrogens with zero attached hydrogens (tertiary/aromatic N) is 1. The fraction of sp³-hybridized carbons (Fsp3) is 0.381. The highest BCUT2D eigenvalue weighted by molar-refractivity contribution is 5.78. The van der Waals surface area contributed by atoms with Gasteiger partial charge in [-0.3, -0.25) is 9.69 Å². The van der Waals surface area contributed by atoms with Crippen LogP contribution >= 0.6 is 0 Å². The number of carbonyl (C=O) groups is 1. The molecule has 1 N–H and O–H groups in total. The molecule has 26 heavy (non-hydrogen) atoms. The molecular formula is C21H25FN2O2. The number of aryl methyl sites for hydroxylation is 1. The second kappa shape index (κ2) is 8.32. The van der Waals surface area contributed by atoms with Crippen molar-refractivity contribution in [2.24, 2.45) is 0 Å². The van der Waals surface area contributed by atoms with E-state index in [0.717, 1.165) is 16.9 Å². The minimum Gasteiger partial charge on any atom is -0.489 e. The summed E-state index contributed by atoms with van der Waals surface area (Å²) in [5.74, 6) is 0.656. The fourth-order valence-electron chi connectivity index (χ4n) is 3.25. The van der Waals surface area contributed by atoms with Gasteiger partial charge in [0.2, 0.25) is 5.91 Å². The number of hydrogen-bond acceptors (Lipinski definition) is 3. The summed E-state index contributed by atoms with van der Waals surface area (Å²) in [6.07, 6.45) is 0.721. The first-order chi connectivity index (χ1) is 12.5. The first-order valence-electron chi connectivity index (χ1n) is 8.99. The zero-order valence-corrected chi connectivity index (χ0v) is 15.3. The highest BCUT2D eigenvalue weighted by Gasteiger charge is 2.21. The highest BCUT2D eigenvalue weighted by atomic mass is 19.1. The average Bonchev–Trinajstić information content (AvgIpc) is 2.73. The Morgan fingerprint density at radius 3 is 2.81 bits per heavy atom. The number of ether oxygens (including phenoxy) is 1. The van der Waals surface area contributed by atoms with Crippen LogP contribution in [-0.2, 0) is 17.8 Å². The van der Waals surface area contributed by atoms with Crippen molar-refractivity contribution >= 4 is 5.91 Å². The topological polar surface area (TPSA) is 41.6 Å². The largest absolute Gasteiger partial charge is 0.489 e. The molecule has 138 valence electrons. The summed E-state index contributed by atoms with van der Waals surface area (Å²) in [4.78, 5) is 14.4. The van der Waals surface area contributed by atoms with Crippen molar-refractivity contribution in [1.29, 1.82) is 0 Å². The summed E-state index contributed by atoms with van der Waals surface area (Å²) in [7, 11) is 0. The van der Waals surface area contributed by atoms with Crippen molar-refractivity contribution in [1.82, 2.24) is 10.2 Å². The van der Waals surface area contributed by atoms with E-state index < -0.39 is 0 Å². The smallest absolute Gasteiger partial charge is 0.234 e. The predicted molar refractivity (Wildman–Crippen MR) is 99.7 cm³/mol. The maximum absolute atomic E-state index is 12.9. The van der Waals surface area contributed by atoms with Crippen molar-refractivity contribution < 1.29 is 13.9 Å². The molecule has 0 radical (unpaired) electrons. The quantitative estimate of drug-likeness (QED) is 0.895. The van der Waals surface area contributed by atoms with Crippen LogP contribution in [0.3, 0.4) is 0 Å². The molecule has 1 amide bonds. The summed E-state index contributed by atoms with van der Waals surface area (Å²) < 4.78 is 18.9. The Kier molecular flexibility index (Phi) is 5.89. The standard InChI is InChI=1S/C21H25FN2O2/c1-15-3-8-20-18(11-15)13-24(12-16(2)26-20)14-21(25)23-10-9-17-4-6-19(22)7-5-17/h3-8,11,16H,9-10,12-14H2,1-2H3,(H,23,25). The summed E-state index contributed by atoms with van der Waals surface area (Å²) >= 11 is 0. The van der Waals surface area contributed by atoms with Gasteiger partial charge in [0.25, 0.3) is 0 Å². The number of fused-ring (bicyclic) bond motifs is 1. The van der Waals surface area contributed by atoms with Crippen molar-refractivity contribution in [2.75, 3.05) is 19.6 Å². The van der Waals surface area contributed by atoms with Crippen LogP contribution in [0.4, 0.5) is 4.39 Å². The van der Waals surface area contributed by atoms with Gasteiger partial charge in [-0.15, -0.1) is 0 Å². The van der Waals surface area contributed by atoms with Gasteiger partial charge in [-0.25, -0.2) is 4.39 Å². The minimum absolute atomic E-state index is 0.00425. The molecule has 1 heterocycles. The highest BCUT2D eigenvalue weighted by Crippen LogP contribution is 2.25. The van der Waals surface area contributed by atoms with E-state index in [4.69, 9.17) is 4.74 Å². The third kappa shape index (κ3) is 5.05. The number of benzene rings is 2. The molecule has 2 aromatic rings. The van der Waals surface area contributed by atoms with Gasteiger partial charge >= 0.3 is 0 Å². The van der Waals surface area contributed by atoms with E-state index in [9.17, 15) is 9.18 Å². The molecule has 5 heteroatoms. The number of halogens is 1. The Morgan fingerprint density at radius 2 is 2.04 bits per heavy atom. The maximum atomic E-state index is 12.9. The molecule has 3 rings (SSSR count). The SMILES string of the molecule is Cc1ccc2c(c1)CN(CC(=O)NCCc1ccc(F)cc1)CC(C)O2. The van der Waals surface area contributed by atoms with Crippen LogP contribution in [-0.4, -0.2) is 36.5 Å². The number of carbonyl (C=O) groups excluding carboxylic acids is 1. The van der Waals surface area contributed by atoms with Gasteiger partial charge in [0.1, 0.15) is 17.7 Å². The van der Waals surface area contributed by atoms with E-state index >= 15 is 0 Å². The molecule has 1 unspecified atom stereocenters. The zero-order valence-electron chi connectivity index (χ0n) is 15.3. The molecule has 0 bridgehead atoms. The lowest BCUT2D eigenvalue weighted by Gasteiger charge is -2.21. The first-order valence-corrected chi connectivity index (χ1v) is 8.99. The molecule has 0 saturated heterocycles. The van der Waals surface area contributed by atoms with E-state index in [1.54, 1.807) is 12.1 Å². The Morgan fingerprint density at radius 1 is 1.27 bits per heavy atom. The third-order valence-corrected chi connectivity index (χ3v) is 4.47. The number of amides is 1. The first kappa shape index (κ1) is 18.4. The molecule has 0 aromatic heterocycles. The number of nitrogens with one attached hydrogen (secondary N) is 1. The summed E-state index contributed by atoms with van der Waals surface area (Å²) in [5.41, 5.74) is 3.31. The molecule has 2 aromatic carbocycles. The van der Waals surface area contributed by atoms with Gasteiger partial charge < -0.3 is 10.1 Å². The molecule has 1 atom stereocenters. The second-order valence-corrected chi connectivity index (χ2v) is 6.94. The summed E-state index contributed by atoms with van der Waals surface area (Å²) in [6, 6.07) is 12.5. The van der Waals surface area contributed by atoms with Crippen LogP contribution < -0.4 is 10.1 Å². The fourth-order valence-corrected chi connectivity index (χ4v) is 3.25. The van der Waals surface area contributed by atoms with Crippen LogP contribution in [0.25, 0.3) is 0 Å². The van der Waals surface area contributed by atoms with Crippen LogP contribution in [0.5, 0.6) is 5.75 Å². The molecule has 1 aliphatic heterocycles. The maximum Gasteiger partial charge on any atom is 0.234 e. The molecule has 4 nitrogen and oxygen atoms in total. The van der Waals surface area contributed by atoms with E-state index in [1.165, 1.54) is 17.7 Å². The Balaban J connectivity index is 1.52. The van der Waals surface area contributed by atoms with E-state index in [2.05, 4.69) is 23.2 Å². The molecule has 0 fully saturated rings. The summed E-state index contributed by atoms with van der Waals surface area (Å²) in [6.45, 7) is 6.37. The van der Waals surface area contributed by atoms with Gasteiger partial charge in [0, 0.05) is 25.2 Å². The van der Waals surface area contributed by atoms with Crippen molar-refractivity contribution in [2.45, 2.75) is 32.9 Å². The zero-order chi connectivity index (χ0) is 18.5. The van der Waals surface area contributed by atoms with Crippen LogP contribution in [0.1, 0.15) is 23.6 Å². The van der Waals surface area contributed by atoms with E-state index in [1.807, 2.05) is 19.1 Å². The van der Waals surface area contributed by atoms with Crippen LogP contribution in [0.2, 0.25) is 0 Å². The van der Waals surface area contributed by atoms with E-state index in [-0.39, 0.29) is 17.8 Å². The van der Waals surface area contributed by atoms with Crippen LogP contribution in [0, 0.1) is 12.7 Å². The monoisotopic (exact) mass is 356 g/mol. The van der Waals surface area contributed by atoms with Gasteiger partial charge in [-0.2, -0.15) is 0 Å². The lowest BCUT2D eigenvalue weighted by atomic mass is 10.1. The van der Waals surface area contributed by atoms with Crippen molar-refractivity contribution in [3.05, 3.63) is 65.0 Å². The van der Waals surface area contributed by atoms with Crippen molar-refractivity contribution in [3.8, 4) is 5.75 Å². The van der Waals surface area contributed by atoms with Crippen LogP contribution in [0.15, 0.2) is 42.5 Å². The Hall–Kier alpha value is -2.40. The lowest BCUT2D eigenvalue weighted by molar-refractivity contribution is -0.122. The summed E-state index contributed by atoms with van der Waals surface area (Å²) in [5, 5.41) is 2.95. The normalized spacial score (nSPS) is 17.1. The number of hydrogen-bond donors (Lipinski definition) is 1. The molecule has 0 saturated carbocycles. The second-order valence-electron chi connectivity index (χ2n) is 6.94. The Bertz CT molecular complexity index is 761. The average molecular weight is 356 g/mol. The lowest BCUT2D eigenvalue weighted by Crippen LogP contribution is -2.40. The molecule has 0 aliphatic carbocycles. The Labute approximate surface area is 154 Å². The van der Waals surface area contributed by atoms with Gasteiger partial charge in [-0.05, 0) is 44.0 Å². The van der Waals surface area contributed by atoms with Gasteiger partial charge in [-0.1, -0.05) is 29.8 Å². The molecular weight excluding hydrogens is 331 g/mol. The van der Waals surface area contributed by atoms with E-state index in [0.29, 0.717) is 32.6 Å². The minimum atomic E-state index is -0.245. The van der Waals surface area contributed by atoms with Gasteiger partial charge in [0.05, 0.1) is 6.54 Å². The predicted octanol–water partition coefficient (Wildman–Crippen LogP) is 3.08. The molecule has 0 spiro atoms. The number of rotatable bonds is 5. The third-order valence-electron chi connectivity index (χ3n) is 4.47. The van der Waals surface area contributed by atoms with Gasteiger partial charge in [0.15, 0.2) is 0 Å².